The summed E-state index contributed by atoms with van der Waals surface area (Å²) in [5.74, 6) is 0.121. The van der Waals surface area contributed by atoms with Gasteiger partial charge in [0.25, 0.3) is 0 Å². The molecule has 2 aromatic rings. The molecule has 2 rings (SSSR count). The average Bonchev–Trinajstić information content (AvgIpc) is 2.96. The number of carbonyl (C=O) groups is 1. The Hall–Kier alpha value is -2.34. The van der Waals surface area contributed by atoms with Gasteiger partial charge in [0.1, 0.15) is 17.7 Å². The van der Waals surface area contributed by atoms with Crippen molar-refractivity contribution in [2.75, 3.05) is 19.0 Å². The van der Waals surface area contributed by atoms with Crippen LogP contribution in [-0.4, -0.2) is 19.7 Å². The predicted molar refractivity (Wildman–Crippen MR) is 71.9 cm³/mol. The smallest absolute Gasteiger partial charge is 0.319 e. The molecule has 0 saturated heterocycles. The third kappa shape index (κ3) is 3.58. The molecular weight excluding hydrogens is 263 g/mol. The first-order valence-corrected chi connectivity index (χ1v) is 6.06. The van der Waals surface area contributed by atoms with Gasteiger partial charge in [0.15, 0.2) is 0 Å². The molecular formula is C14H15FN2O3. The lowest BCUT2D eigenvalue weighted by Crippen LogP contribution is -2.33. The number of methoxy groups -OCH3 is 1. The van der Waals surface area contributed by atoms with Crippen molar-refractivity contribution in [2.24, 2.45) is 0 Å². The highest BCUT2D eigenvalue weighted by Gasteiger charge is 2.15. The Balaban J connectivity index is 1.87. The zero-order valence-corrected chi connectivity index (χ0v) is 10.9. The Kier molecular flexibility index (Phi) is 4.73. The lowest BCUT2D eigenvalue weighted by atomic mass is 10.2. The van der Waals surface area contributed by atoms with Crippen LogP contribution in [0.3, 0.4) is 0 Å². The van der Waals surface area contributed by atoms with Crippen LogP contribution >= 0.6 is 0 Å². The van der Waals surface area contributed by atoms with Gasteiger partial charge in [-0.05, 0) is 24.3 Å². The summed E-state index contributed by atoms with van der Waals surface area (Å²) in [6, 6.07) is 8.93. The fourth-order valence-corrected chi connectivity index (χ4v) is 1.69. The number of anilines is 1. The van der Waals surface area contributed by atoms with Crippen molar-refractivity contribution in [3.05, 3.63) is 54.2 Å². The van der Waals surface area contributed by atoms with Gasteiger partial charge in [-0.3, -0.25) is 0 Å². The molecule has 1 aromatic carbocycles. The van der Waals surface area contributed by atoms with Crippen LogP contribution in [0.1, 0.15) is 11.9 Å². The first kappa shape index (κ1) is 14.1. The normalized spacial score (nSPS) is 11.9. The van der Waals surface area contributed by atoms with E-state index in [4.69, 9.17) is 9.15 Å². The van der Waals surface area contributed by atoms with Gasteiger partial charge in [0.05, 0.1) is 18.5 Å². The van der Waals surface area contributed by atoms with E-state index in [1.807, 2.05) is 0 Å². The summed E-state index contributed by atoms with van der Waals surface area (Å²) in [5.41, 5.74) is 0.122. The average molecular weight is 278 g/mol. The van der Waals surface area contributed by atoms with Gasteiger partial charge in [-0.1, -0.05) is 12.1 Å². The SMILES string of the molecule is COC(CNC(=O)Nc1ccccc1F)c1ccco1. The molecule has 0 aliphatic rings. The lowest BCUT2D eigenvalue weighted by Gasteiger charge is -2.14. The molecule has 5 nitrogen and oxygen atoms in total. The van der Waals surface area contributed by atoms with E-state index in [0.717, 1.165) is 0 Å². The van der Waals surface area contributed by atoms with Crippen LogP contribution in [-0.2, 0) is 4.74 Å². The molecule has 20 heavy (non-hydrogen) atoms. The maximum Gasteiger partial charge on any atom is 0.319 e. The molecule has 106 valence electrons. The molecule has 1 unspecified atom stereocenters. The molecule has 0 radical (unpaired) electrons. The maximum atomic E-state index is 13.4. The number of rotatable bonds is 5. The van der Waals surface area contributed by atoms with E-state index < -0.39 is 18.0 Å². The van der Waals surface area contributed by atoms with Gasteiger partial charge in [-0.25, -0.2) is 9.18 Å². The van der Waals surface area contributed by atoms with Crippen molar-refractivity contribution in [2.45, 2.75) is 6.10 Å². The van der Waals surface area contributed by atoms with Crippen molar-refractivity contribution in [3.8, 4) is 0 Å². The van der Waals surface area contributed by atoms with Crippen LogP contribution < -0.4 is 10.6 Å². The lowest BCUT2D eigenvalue weighted by molar-refractivity contribution is 0.0855. The second kappa shape index (κ2) is 6.72. The molecule has 1 atom stereocenters. The summed E-state index contributed by atoms with van der Waals surface area (Å²) in [6.45, 7) is 0.213. The second-order valence-corrected chi connectivity index (χ2v) is 4.05. The molecule has 0 bridgehead atoms. The van der Waals surface area contributed by atoms with Crippen LogP contribution in [0.2, 0.25) is 0 Å². The zero-order chi connectivity index (χ0) is 14.4. The summed E-state index contributed by atoms with van der Waals surface area (Å²) < 4.78 is 23.8. The largest absolute Gasteiger partial charge is 0.467 e. The number of urea groups is 1. The number of carbonyl (C=O) groups excluding carboxylic acids is 1. The monoisotopic (exact) mass is 278 g/mol. The predicted octanol–water partition coefficient (Wildman–Crippen LogP) is 2.93. The number of amides is 2. The Morgan fingerprint density at radius 2 is 2.15 bits per heavy atom. The van der Waals surface area contributed by atoms with E-state index in [2.05, 4.69) is 10.6 Å². The summed E-state index contributed by atoms with van der Waals surface area (Å²) in [7, 11) is 1.52. The summed E-state index contributed by atoms with van der Waals surface area (Å²) >= 11 is 0. The van der Waals surface area contributed by atoms with Crippen LogP contribution in [0.5, 0.6) is 0 Å². The van der Waals surface area contributed by atoms with Crippen molar-refractivity contribution in [3.63, 3.8) is 0 Å². The fourth-order valence-electron chi connectivity index (χ4n) is 1.69. The molecule has 1 aromatic heterocycles. The standard InChI is InChI=1S/C14H15FN2O3/c1-19-13(12-7-4-8-20-12)9-16-14(18)17-11-6-3-2-5-10(11)15/h2-8,13H,9H2,1H3,(H2,16,17,18). The van der Waals surface area contributed by atoms with Crippen LogP contribution in [0, 0.1) is 5.82 Å². The molecule has 1 heterocycles. The van der Waals surface area contributed by atoms with E-state index in [9.17, 15) is 9.18 Å². The fraction of sp³-hybridized carbons (Fsp3) is 0.214. The Labute approximate surface area is 115 Å². The summed E-state index contributed by atoms with van der Waals surface area (Å²) in [5, 5.41) is 5.02. The van der Waals surface area contributed by atoms with Crippen molar-refractivity contribution in [1.82, 2.24) is 5.32 Å². The molecule has 6 heteroatoms. The number of benzene rings is 1. The van der Waals surface area contributed by atoms with Crippen LogP contribution in [0.4, 0.5) is 14.9 Å². The van der Waals surface area contributed by atoms with Crippen LogP contribution in [0.15, 0.2) is 47.1 Å². The van der Waals surface area contributed by atoms with Crippen molar-refractivity contribution >= 4 is 11.7 Å². The zero-order valence-electron chi connectivity index (χ0n) is 10.9. The molecule has 0 fully saturated rings. The second-order valence-electron chi connectivity index (χ2n) is 4.05. The third-order valence-corrected chi connectivity index (χ3v) is 2.72. The molecule has 0 aliphatic carbocycles. The van der Waals surface area contributed by atoms with E-state index >= 15 is 0 Å². The van der Waals surface area contributed by atoms with E-state index in [1.54, 1.807) is 24.3 Å². The highest BCUT2D eigenvalue weighted by atomic mass is 19.1. The van der Waals surface area contributed by atoms with Crippen molar-refractivity contribution in [1.29, 1.82) is 0 Å². The highest BCUT2D eigenvalue weighted by molar-refractivity contribution is 5.89. The minimum absolute atomic E-state index is 0.122. The number of hydrogen-bond donors (Lipinski definition) is 2. The summed E-state index contributed by atoms with van der Waals surface area (Å²) in [6.07, 6.45) is 1.14. The Bertz CT molecular complexity index is 557. The first-order valence-electron chi connectivity index (χ1n) is 6.06. The van der Waals surface area contributed by atoms with Crippen LogP contribution in [0.25, 0.3) is 0 Å². The summed E-state index contributed by atoms with van der Waals surface area (Å²) in [4.78, 5) is 11.7. The number of para-hydroxylation sites is 1. The topological polar surface area (TPSA) is 63.5 Å². The molecule has 0 saturated carbocycles. The quantitative estimate of drug-likeness (QED) is 0.883. The van der Waals surface area contributed by atoms with E-state index in [1.165, 1.54) is 25.5 Å². The number of nitrogens with one attached hydrogen (secondary N) is 2. The number of ether oxygens (including phenoxy) is 1. The molecule has 2 N–H and O–H groups in total. The van der Waals surface area contributed by atoms with E-state index in [-0.39, 0.29) is 12.2 Å². The maximum absolute atomic E-state index is 13.4. The Morgan fingerprint density at radius 1 is 1.35 bits per heavy atom. The van der Waals surface area contributed by atoms with Gasteiger partial charge in [0.2, 0.25) is 0 Å². The minimum Gasteiger partial charge on any atom is -0.467 e. The van der Waals surface area contributed by atoms with Gasteiger partial charge >= 0.3 is 6.03 Å². The number of furan rings is 1. The number of halogens is 1. The van der Waals surface area contributed by atoms with Gasteiger partial charge in [0, 0.05) is 7.11 Å². The first-order chi connectivity index (χ1) is 9.70. The number of hydrogen-bond acceptors (Lipinski definition) is 3. The Morgan fingerprint density at radius 3 is 2.80 bits per heavy atom. The van der Waals surface area contributed by atoms with Gasteiger partial charge in [-0.15, -0.1) is 0 Å². The molecule has 0 aliphatic heterocycles. The van der Waals surface area contributed by atoms with Crippen molar-refractivity contribution < 1.29 is 18.3 Å². The molecule has 0 spiro atoms. The van der Waals surface area contributed by atoms with Gasteiger partial charge in [-0.2, -0.15) is 0 Å². The minimum atomic E-state index is -0.510. The third-order valence-electron chi connectivity index (χ3n) is 2.72. The van der Waals surface area contributed by atoms with E-state index in [0.29, 0.717) is 5.76 Å². The molecule has 2 amide bonds. The van der Waals surface area contributed by atoms with Gasteiger partial charge < -0.3 is 19.8 Å². The highest BCUT2D eigenvalue weighted by Crippen LogP contribution is 2.16.